The van der Waals surface area contributed by atoms with Crippen LogP contribution in [0, 0.1) is 17.5 Å². The minimum absolute atomic E-state index is 0.308. The van der Waals surface area contributed by atoms with Gasteiger partial charge in [0.2, 0.25) is 0 Å². The topological polar surface area (TPSA) is 20.2 Å². The molecule has 1 nitrogen and oxygen atoms in total. The molecule has 0 aliphatic rings. The maximum absolute atomic E-state index is 12.8. The highest BCUT2D eigenvalue weighted by Crippen LogP contribution is 2.35. The number of hydrogen-bond donors (Lipinski definition) is 1. The lowest BCUT2D eigenvalue weighted by molar-refractivity contribution is -0.208. The Bertz CT molecular complexity index is 372. The molecule has 0 saturated carbocycles. The molecule has 0 saturated heterocycles. The molecule has 15 heavy (non-hydrogen) atoms. The summed E-state index contributed by atoms with van der Waals surface area (Å²) in [7, 11) is 0. The van der Waals surface area contributed by atoms with Crippen LogP contribution in [0.25, 0.3) is 0 Å². The van der Waals surface area contributed by atoms with Crippen LogP contribution in [0.4, 0.5) is 26.3 Å². The number of rotatable bonds is 1. The van der Waals surface area contributed by atoms with E-state index >= 15 is 0 Å². The van der Waals surface area contributed by atoms with Crippen molar-refractivity contribution in [3.8, 4) is 0 Å². The van der Waals surface area contributed by atoms with Crippen molar-refractivity contribution in [3.63, 3.8) is 0 Å². The zero-order chi connectivity index (χ0) is 11.8. The van der Waals surface area contributed by atoms with Crippen LogP contribution in [-0.4, -0.2) is 11.3 Å². The van der Waals surface area contributed by atoms with Crippen molar-refractivity contribution in [2.75, 3.05) is 0 Å². The van der Waals surface area contributed by atoms with Gasteiger partial charge in [0.25, 0.3) is 0 Å². The lowest BCUT2D eigenvalue weighted by atomic mass is 10.1. The number of halogens is 6. The summed E-state index contributed by atoms with van der Waals surface area (Å²) in [5.74, 6) is -5.35. The van der Waals surface area contributed by atoms with Gasteiger partial charge in [0, 0.05) is 0 Å². The Morgan fingerprint density at radius 1 is 1.00 bits per heavy atom. The molecule has 0 aromatic heterocycles. The van der Waals surface area contributed by atoms with Gasteiger partial charge in [-0.05, 0) is 12.1 Å². The van der Waals surface area contributed by atoms with Crippen LogP contribution in [0.5, 0.6) is 0 Å². The maximum Gasteiger partial charge on any atom is 0.418 e. The second-order valence-electron chi connectivity index (χ2n) is 2.70. The van der Waals surface area contributed by atoms with E-state index in [-0.39, 0.29) is 0 Å². The Labute approximate surface area is 79.9 Å². The first kappa shape index (κ1) is 11.8. The van der Waals surface area contributed by atoms with Gasteiger partial charge in [0.05, 0.1) is 5.56 Å². The third-order valence-corrected chi connectivity index (χ3v) is 1.66. The van der Waals surface area contributed by atoms with Gasteiger partial charge in [-0.1, -0.05) is 0 Å². The number of hydrogen-bond acceptors (Lipinski definition) is 1. The SMILES string of the molecule is O[C@@H](c1c(F)ccc(F)c1F)C(F)(F)F. The van der Waals surface area contributed by atoms with Gasteiger partial charge in [0.15, 0.2) is 17.7 Å². The monoisotopic (exact) mass is 230 g/mol. The van der Waals surface area contributed by atoms with Crippen LogP contribution in [0.3, 0.4) is 0 Å². The largest absolute Gasteiger partial charge is 0.418 e. The lowest BCUT2D eigenvalue weighted by Crippen LogP contribution is -2.23. The zero-order valence-corrected chi connectivity index (χ0v) is 6.95. The third kappa shape index (κ3) is 2.23. The normalized spacial score (nSPS) is 14.1. The van der Waals surface area contributed by atoms with Crippen LogP contribution in [-0.2, 0) is 0 Å². The first-order chi connectivity index (χ1) is 6.75. The maximum atomic E-state index is 12.8. The van der Waals surface area contributed by atoms with Gasteiger partial charge in [0.1, 0.15) is 5.82 Å². The average Bonchev–Trinajstić information content (AvgIpc) is 2.10. The van der Waals surface area contributed by atoms with Crippen molar-refractivity contribution in [2.45, 2.75) is 12.3 Å². The molecule has 0 unspecified atom stereocenters. The predicted molar refractivity (Wildman–Crippen MR) is 37.3 cm³/mol. The summed E-state index contributed by atoms with van der Waals surface area (Å²) in [5.41, 5.74) is -1.73. The van der Waals surface area contributed by atoms with Gasteiger partial charge < -0.3 is 5.11 Å². The van der Waals surface area contributed by atoms with Crippen molar-refractivity contribution in [3.05, 3.63) is 35.1 Å². The molecule has 1 aromatic rings. The molecule has 1 N–H and O–H groups in total. The summed E-state index contributed by atoms with van der Waals surface area (Å²) in [6.45, 7) is 0. The Balaban J connectivity index is 3.31. The molecule has 1 atom stereocenters. The van der Waals surface area contributed by atoms with E-state index in [0.29, 0.717) is 12.1 Å². The van der Waals surface area contributed by atoms with E-state index < -0.39 is 35.3 Å². The molecule has 1 aromatic carbocycles. The highest BCUT2D eigenvalue weighted by Gasteiger charge is 2.43. The molecule has 7 heteroatoms. The van der Waals surface area contributed by atoms with E-state index in [1.54, 1.807) is 0 Å². The molecule has 0 heterocycles. The zero-order valence-electron chi connectivity index (χ0n) is 6.95. The summed E-state index contributed by atoms with van der Waals surface area (Å²) in [6, 6.07) is 0.639. The molecule has 0 bridgehead atoms. The van der Waals surface area contributed by atoms with Crippen molar-refractivity contribution < 1.29 is 31.4 Å². The van der Waals surface area contributed by atoms with Crippen molar-refractivity contribution in [1.29, 1.82) is 0 Å². The molecular formula is C8H4F6O. The Morgan fingerprint density at radius 3 is 1.93 bits per heavy atom. The van der Waals surface area contributed by atoms with Crippen LogP contribution in [0.1, 0.15) is 11.7 Å². The van der Waals surface area contributed by atoms with Gasteiger partial charge >= 0.3 is 6.18 Å². The van der Waals surface area contributed by atoms with E-state index in [4.69, 9.17) is 5.11 Å². The first-order valence-corrected chi connectivity index (χ1v) is 3.63. The highest BCUT2D eigenvalue weighted by atomic mass is 19.4. The second kappa shape index (κ2) is 3.73. The van der Waals surface area contributed by atoms with Crippen LogP contribution >= 0.6 is 0 Å². The molecule has 0 fully saturated rings. The first-order valence-electron chi connectivity index (χ1n) is 3.63. The van der Waals surface area contributed by atoms with Crippen LogP contribution < -0.4 is 0 Å². The fourth-order valence-electron chi connectivity index (χ4n) is 0.957. The highest BCUT2D eigenvalue weighted by molar-refractivity contribution is 5.24. The third-order valence-electron chi connectivity index (χ3n) is 1.66. The number of aliphatic hydroxyl groups excluding tert-OH is 1. The minimum Gasteiger partial charge on any atom is -0.379 e. The van der Waals surface area contributed by atoms with Gasteiger partial charge in [-0.2, -0.15) is 13.2 Å². The Hall–Kier alpha value is -1.24. The van der Waals surface area contributed by atoms with Crippen molar-refractivity contribution in [2.24, 2.45) is 0 Å². The lowest BCUT2D eigenvalue weighted by Gasteiger charge is -2.16. The Morgan fingerprint density at radius 2 is 1.47 bits per heavy atom. The quantitative estimate of drug-likeness (QED) is 0.580. The summed E-state index contributed by atoms with van der Waals surface area (Å²) in [6.07, 6.45) is -8.64. The van der Waals surface area contributed by atoms with Gasteiger partial charge in [-0.15, -0.1) is 0 Å². The summed E-state index contributed by atoms with van der Waals surface area (Å²) in [4.78, 5) is 0. The fraction of sp³-hybridized carbons (Fsp3) is 0.250. The minimum atomic E-state index is -5.25. The molecule has 0 aliphatic heterocycles. The molecule has 0 aliphatic carbocycles. The van der Waals surface area contributed by atoms with E-state index in [9.17, 15) is 26.3 Å². The number of alkyl halides is 3. The average molecular weight is 230 g/mol. The van der Waals surface area contributed by atoms with Crippen LogP contribution in [0.2, 0.25) is 0 Å². The number of aliphatic hydroxyl groups is 1. The fourth-order valence-corrected chi connectivity index (χ4v) is 0.957. The molecule has 1 rings (SSSR count). The molecule has 0 spiro atoms. The Kier molecular flexibility index (Phi) is 2.94. The van der Waals surface area contributed by atoms with E-state index in [2.05, 4.69) is 0 Å². The smallest absolute Gasteiger partial charge is 0.379 e. The van der Waals surface area contributed by atoms with E-state index in [1.165, 1.54) is 0 Å². The van der Waals surface area contributed by atoms with Gasteiger partial charge in [-0.3, -0.25) is 0 Å². The second-order valence-corrected chi connectivity index (χ2v) is 2.70. The standard InChI is InChI=1S/C8H4F6O/c9-3-1-2-4(10)6(11)5(3)7(15)8(12,13)14/h1-2,7,15H/t7-/m0/s1. The summed E-state index contributed by atoms with van der Waals surface area (Å²) < 4.78 is 73.8. The van der Waals surface area contributed by atoms with E-state index in [0.717, 1.165) is 0 Å². The summed E-state index contributed by atoms with van der Waals surface area (Å²) in [5, 5.41) is 8.57. The van der Waals surface area contributed by atoms with Crippen molar-refractivity contribution >= 4 is 0 Å². The number of benzene rings is 1. The summed E-state index contributed by atoms with van der Waals surface area (Å²) >= 11 is 0. The molecule has 84 valence electrons. The van der Waals surface area contributed by atoms with Gasteiger partial charge in [-0.25, -0.2) is 13.2 Å². The molecule has 0 radical (unpaired) electrons. The predicted octanol–water partition coefficient (Wildman–Crippen LogP) is 2.70. The van der Waals surface area contributed by atoms with Crippen molar-refractivity contribution in [1.82, 2.24) is 0 Å². The van der Waals surface area contributed by atoms with E-state index in [1.807, 2.05) is 0 Å². The molecule has 0 amide bonds. The molecular weight excluding hydrogens is 226 g/mol. The van der Waals surface area contributed by atoms with Crippen LogP contribution in [0.15, 0.2) is 12.1 Å².